The largest absolute Gasteiger partial charge is 0.482 e. The quantitative estimate of drug-likeness (QED) is 0.819. The lowest BCUT2D eigenvalue weighted by Gasteiger charge is -2.09. The van der Waals surface area contributed by atoms with Crippen LogP contribution in [0.25, 0.3) is 0 Å². The van der Waals surface area contributed by atoms with Gasteiger partial charge in [0.2, 0.25) is 5.91 Å². The summed E-state index contributed by atoms with van der Waals surface area (Å²) in [6.45, 7) is -0.216. The van der Waals surface area contributed by atoms with Crippen LogP contribution in [0.2, 0.25) is 5.02 Å². The van der Waals surface area contributed by atoms with E-state index < -0.39 is 5.91 Å². The van der Waals surface area contributed by atoms with Crippen molar-refractivity contribution in [2.24, 2.45) is 5.92 Å². The van der Waals surface area contributed by atoms with Gasteiger partial charge in [0.15, 0.2) is 6.61 Å². The molecule has 0 radical (unpaired) electrons. The SMILES string of the molecule is O=C(COc1ccc(Br)cc1Cl)NNC(=O)C1CC1. The van der Waals surface area contributed by atoms with Gasteiger partial charge in [-0.3, -0.25) is 20.4 Å². The van der Waals surface area contributed by atoms with E-state index in [-0.39, 0.29) is 18.4 Å². The molecule has 1 saturated carbocycles. The topological polar surface area (TPSA) is 67.4 Å². The smallest absolute Gasteiger partial charge is 0.276 e. The molecule has 5 nitrogen and oxygen atoms in total. The van der Waals surface area contributed by atoms with Gasteiger partial charge in [-0.25, -0.2) is 0 Å². The number of amides is 2. The first-order valence-corrected chi connectivity index (χ1v) is 6.90. The number of rotatable bonds is 4. The highest BCUT2D eigenvalue weighted by atomic mass is 79.9. The van der Waals surface area contributed by atoms with Crippen molar-refractivity contribution in [3.8, 4) is 5.75 Å². The lowest BCUT2D eigenvalue weighted by Crippen LogP contribution is -2.44. The predicted molar refractivity (Wildman–Crippen MR) is 73.7 cm³/mol. The Hall–Kier alpha value is -1.27. The summed E-state index contributed by atoms with van der Waals surface area (Å²) < 4.78 is 6.07. The molecule has 0 saturated heterocycles. The van der Waals surface area contributed by atoms with Crippen LogP contribution in [0.1, 0.15) is 12.8 Å². The fourth-order valence-electron chi connectivity index (χ4n) is 1.35. The molecular weight excluding hydrogens is 336 g/mol. The zero-order valence-corrected chi connectivity index (χ0v) is 12.3. The van der Waals surface area contributed by atoms with Gasteiger partial charge in [-0.05, 0) is 31.0 Å². The van der Waals surface area contributed by atoms with Crippen LogP contribution in [0.15, 0.2) is 22.7 Å². The first-order valence-electron chi connectivity index (χ1n) is 5.73. The molecule has 7 heteroatoms. The zero-order chi connectivity index (χ0) is 13.8. The van der Waals surface area contributed by atoms with E-state index in [0.717, 1.165) is 17.3 Å². The third-order valence-corrected chi connectivity index (χ3v) is 3.31. The second-order valence-corrected chi connectivity index (χ2v) is 5.50. The van der Waals surface area contributed by atoms with E-state index in [1.54, 1.807) is 18.2 Å². The van der Waals surface area contributed by atoms with Gasteiger partial charge in [-0.1, -0.05) is 27.5 Å². The number of ether oxygens (including phenoxy) is 1. The Balaban J connectivity index is 1.74. The minimum absolute atomic E-state index is 0.0436. The van der Waals surface area contributed by atoms with Crippen LogP contribution < -0.4 is 15.6 Å². The summed E-state index contributed by atoms with van der Waals surface area (Å²) in [6.07, 6.45) is 1.76. The maximum atomic E-state index is 11.4. The maximum Gasteiger partial charge on any atom is 0.276 e. The molecule has 1 aliphatic rings. The van der Waals surface area contributed by atoms with E-state index in [1.807, 2.05) is 0 Å². The standard InChI is InChI=1S/C12H12BrClN2O3/c13-8-3-4-10(9(14)5-8)19-6-11(17)15-16-12(18)7-1-2-7/h3-5,7H,1-2,6H2,(H,15,17)(H,16,18). The molecule has 0 spiro atoms. The summed E-state index contributed by atoms with van der Waals surface area (Å²) in [5, 5.41) is 0.407. The molecule has 1 aliphatic carbocycles. The Morgan fingerprint density at radius 3 is 2.74 bits per heavy atom. The van der Waals surface area contributed by atoms with Crippen molar-refractivity contribution in [1.82, 2.24) is 10.9 Å². The van der Waals surface area contributed by atoms with Gasteiger partial charge in [0, 0.05) is 10.4 Å². The third-order valence-electron chi connectivity index (χ3n) is 2.53. The number of nitrogens with one attached hydrogen (secondary N) is 2. The van der Waals surface area contributed by atoms with E-state index in [9.17, 15) is 9.59 Å². The summed E-state index contributed by atoms with van der Waals surface area (Å²) in [4.78, 5) is 22.7. The fraction of sp³-hybridized carbons (Fsp3) is 0.333. The highest BCUT2D eigenvalue weighted by Gasteiger charge is 2.29. The average Bonchev–Trinajstić information content (AvgIpc) is 3.19. The summed E-state index contributed by atoms with van der Waals surface area (Å²) in [5.41, 5.74) is 4.63. The van der Waals surface area contributed by atoms with Crippen LogP contribution in [-0.4, -0.2) is 18.4 Å². The highest BCUT2D eigenvalue weighted by molar-refractivity contribution is 9.10. The lowest BCUT2D eigenvalue weighted by molar-refractivity contribution is -0.130. The van der Waals surface area contributed by atoms with E-state index >= 15 is 0 Å². The number of hydrogen-bond donors (Lipinski definition) is 2. The summed E-state index contributed by atoms with van der Waals surface area (Å²) in [5.74, 6) is -0.140. The Labute approximate surface area is 123 Å². The van der Waals surface area contributed by atoms with E-state index in [0.29, 0.717) is 10.8 Å². The Morgan fingerprint density at radius 1 is 1.37 bits per heavy atom. The van der Waals surface area contributed by atoms with Crippen molar-refractivity contribution < 1.29 is 14.3 Å². The molecule has 2 amide bonds. The number of benzene rings is 1. The molecule has 1 aromatic rings. The Morgan fingerprint density at radius 2 is 2.11 bits per heavy atom. The van der Waals surface area contributed by atoms with Gasteiger partial charge in [0.05, 0.1) is 5.02 Å². The van der Waals surface area contributed by atoms with Crippen LogP contribution >= 0.6 is 27.5 Å². The first kappa shape index (κ1) is 14.1. The fourth-order valence-corrected chi connectivity index (χ4v) is 2.08. The molecule has 0 aliphatic heterocycles. The van der Waals surface area contributed by atoms with Gasteiger partial charge in [0.25, 0.3) is 5.91 Å². The van der Waals surface area contributed by atoms with Crippen LogP contribution in [0.5, 0.6) is 5.75 Å². The molecule has 1 fully saturated rings. The van der Waals surface area contributed by atoms with Crippen molar-refractivity contribution in [2.75, 3.05) is 6.61 Å². The van der Waals surface area contributed by atoms with Gasteiger partial charge < -0.3 is 4.74 Å². The summed E-state index contributed by atoms with van der Waals surface area (Å²) in [6, 6.07) is 5.08. The summed E-state index contributed by atoms with van der Waals surface area (Å²) >= 11 is 9.20. The maximum absolute atomic E-state index is 11.4. The average molecular weight is 348 g/mol. The van der Waals surface area contributed by atoms with Crippen LogP contribution in [-0.2, 0) is 9.59 Å². The summed E-state index contributed by atoms with van der Waals surface area (Å²) in [7, 11) is 0. The molecule has 102 valence electrons. The van der Waals surface area contributed by atoms with Crippen molar-refractivity contribution in [3.05, 3.63) is 27.7 Å². The van der Waals surface area contributed by atoms with E-state index in [1.165, 1.54) is 0 Å². The van der Waals surface area contributed by atoms with Crippen molar-refractivity contribution in [3.63, 3.8) is 0 Å². The lowest BCUT2D eigenvalue weighted by atomic mass is 10.3. The number of hydrogen-bond acceptors (Lipinski definition) is 3. The normalized spacial score (nSPS) is 13.8. The highest BCUT2D eigenvalue weighted by Crippen LogP contribution is 2.28. The molecule has 1 aromatic carbocycles. The number of hydrazine groups is 1. The van der Waals surface area contributed by atoms with Gasteiger partial charge >= 0.3 is 0 Å². The van der Waals surface area contributed by atoms with Crippen LogP contribution in [0.4, 0.5) is 0 Å². The predicted octanol–water partition coefficient (Wildman–Crippen LogP) is 2.04. The first-order chi connectivity index (χ1) is 9.06. The van der Waals surface area contributed by atoms with Crippen molar-refractivity contribution in [2.45, 2.75) is 12.8 Å². The monoisotopic (exact) mass is 346 g/mol. The molecule has 0 atom stereocenters. The Bertz CT molecular complexity index is 506. The minimum atomic E-state index is -0.437. The minimum Gasteiger partial charge on any atom is -0.482 e. The van der Waals surface area contributed by atoms with Gasteiger partial charge in [0.1, 0.15) is 5.75 Å². The van der Waals surface area contributed by atoms with Crippen LogP contribution in [0.3, 0.4) is 0 Å². The second-order valence-electron chi connectivity index (χ2n) is 4.18. The van der Waals surface area contributed by atoms with Crippen molar-refractivity contribution in [1.29, 1.82) is 0 Å². The molecule has 0 bridgehead atoms. The second kappa shape index (κ2) is 6.25. The number of carbonyl (C=O) groups is 2. The molecule has 0 unspecified atom stereocenters. The van der Waals surface area contributed by atoms with Gasteiger partial charge in [-0.15, -0.1) is 0 Å². The van der Waals surface area contributed by atoms with Crippen LogP contribution in [0, 0.1) is 5.92 Å². The number of carbonyl (C=O) groups excluding carboxylic acids is 2. The van der Waals surface area contributed by atoms with E-state index in [4.69, 9.17) is 16.3 Å². The zero-order valence-electron chi connectivity index (χ0n) is 9.91. The molecule has 0 aromatic heterocycles. The number of halogens is 2. The molecule has 2 rings (SSSR count). The van der Waals surface area contributed by atoms with E-state index in [2.05, 4.69) is 26.8 Å². The molecule has 19 heavy (non-hydrogen) atoms. The van der Waals surface area contributed by atoms with Gasteiger partial charge in [-0.2, -0.15) is 0 Å². The van der Waals surface area contributed by atoms with Crippen molar-refractivity contribution >= 4 is 39.3 Å². The molecule has 0 heterocycles. The third kappa shape index (κ3) is 4.40. The Kier molecular flexibility index (Phi) is 4.66. The molecule has 2 N–H and O–H groups in total. The molecular formula is C12H12BrClN2O3.